The zero-order valence-corrected chi connectivity index (χ0v) is 27.7. The van der Waals surface area contributed by atoms with Gasteiger partial charge in [0.2, 0.25) is 21.9 Å². The van der Waals surface area contributed by atoms with Crippen molar-refractivity contribution in [2.45, 2.75) is 65.3 Å². The lowest BCUT2D eigenvalue weighted by Crippen LogP contribution is -2.51. The minimum Gasteiger partial charge on any atom is -0.444 e. The number of aryl methyl sites for hydroxylation is 1. The van der Waals surface area contributed by atoms with Gasteiger partial charge in [0, 0.05) is 42.2 Å². The summed E-state index contributed by atoms with van der Waals surface area (Å²) in [5, 5.41) is 3.96. The van der Waals surface area contributed by atoms with Crippen LogP contribution in [-0.4, -0.2) is 71.0 Å². The Balaban J connectivity index is 1.42. The predicted octanol–water partition coefficient (Wildman–Crippen LogP) is 6.84. The van der Waals surface area contributed by atoms with E-state index >= 15 is 0 Å². The van der Waals surface area contributed by atoms with E-state index < -0.39 is 39.7 Å². The van der Waals surface area contributed by atoms with E-state index in [1.54, 1.807) is 70.4 Å². The highest BCUT2D eigenvalue weighted by atomic mass is 32.2. The summed E-state index contributed by atoms with van der Waals surface area (Å²) in [6.07, 6.45) is 1.79. The molecule has 4 aromatic rings. The number of halogens is 2. The van der Waals surface area contributed by atoms with Crippen LogP contribution in [0.2, 0.25) is 0 Å². The second-order valence-electron chi connectivity index (χ2n) is 12.4. The Labute approximate surface area is 272 Å². The highest BCUT2D eigenvalue weighted by Crippen LogP contribution is 2.39. The smallest absolute Gasteiger partial charge is 0.410 e. The Bertz CT molecular complexity index is 1890. The van der Waals surface area contributed by atoms with Crippen LogP contribution in [0.25, 0.3) is 22.0 Å². The van der Waals surface area contributed by atoms with E-state index in [4.69, 9.17) is 9.47 Å². The molecule has 1 aliphatic heterocycles. The van der Waals surface area contributed by atoms with Crippen molar-refractivity contribution in [3.05, 3.63) is 66.2 Å². The third kappa shape index (κ3) is 8.23. The standard InChI is InChI=1S/C33H38F2N6O5S/c1-6-16-47(43,44)40-28-23-10-9-20(2)29(24(23)11-12-26(28)35)45-30-25(8-7-14-36-30)27-13-15-37-31(39-27)38-22-17-21(34)18-41(19-22)32(42)46-33(3,4)5/h7-15,21-22,40H,6,16-19H2,1-5H3,(H,37,38,39)/t21-,22+/m1/s1. The number of alkyl halides is 1. The van der Waals surface area contributed by atoms with Gasteiger partial charge in [-0.3, -0.25) is 4.72 Å². The minimum atomic E-state index is -3.77. The molecule has 2 aromatic heterocycles. The van der Waals surface area contributed by atoms with Crippen molar-refractivity contribution >= 4 is 38.5 Å². The quantitative estimate of drug-likeness (QED) is 0.196. The number of likely N-dealkylation sites (tertiary alicyclic amines) is 1. The lowest BCUT2D eigenvalue weighted by molar-refractivity contribution is 0.0124. The van der Waals surface area contributed by atoms with Crippen molar-refractivity contribution < 1.29 is 31.5 Å². The van der Waals surface area contributed by atoms with Crippen LogP contribution in [0, 0.1) is 12.7 Å². The number of nitrogens with zero attached hydrogens (tertiary/aromatic N) is 4. The van der Waals surface area contributed by atoms with Crippen LogP contribution >= 0.6 is 0 Å². The average molecular weight is 669 g/mol. The topological polar surface area (TPSA) is 136 Å². The molecule has 2 aromatic carbocycles. The van der Waals surface area contributed by atoms with E-state index in [-0.39, 0.29) is 42.8 Å². The molecule has 0 bridgehead atoms. The largest absolute Gasteiger partial charge is 0.444 e. The van der Waals surface area contributed by atoms with E-state index in [1.807, 2.05) is 6.92 Å². The Morgan fingerprint density at radius 2 is 1.83 bits per heavy atom. The lowest BCUT2D eigenvalue weighted by atomic mass is 10.0. The summed E-state index contributed by atoms with van der Waals surface area (Å²) >= 11 is 0. The number of sulfonamides is 1. The molecule has 47 heavy (non-hydrogen) atoms. The third-order valence-corrected chi connectivity index (χ3v) is 8.77. The number of carbonyl (C=O) groups is 1. The first kappa shape index (κ1) is 33.8. The molecule has 3 heterocycles. The van der Waals surface area contributed by atoms with Crippen molar-refractivity contribution in [1.82, 2.24) is 19.9 Å². The van der Waals surface area contributed by atoms with Gasteiger partial charge in [0.25, 0.3) is 0 Å². The number of nitrogens with one attached hydrogen (secondary N) is 2. The van der Waals surface area contributed by atoms with Crippen molar-refractivity contribution in [1.29, 1.82) is 0 Å². The maximum Gasteiger partial charge on any atom is 0.410 e. The monoisotopic (exact) mass is 668 g/mol. The Kier molecular flexibility index (Phi) is 9.80. The molecule has 1 aliphatic rings. The molecule has 2 atom stereocenters. The average Bonchev–Trinajstić information content (AvgIpc) is 2.99. The van der Waals surface area contributed by atoms with Gasteiger partial charge >= 0.3 is 6.09 Å². The van der Waals surface area contributed by atoms with E-state index in [9.17, 15) is 22.0 Å². The van der Waals surface area contributed by atoms with Gasteiger partial charge in [-0.1, -0.05) is 19.1 Å². The summed E-state index contributed by atoms with van der Waals surface area (Å²) in [4.78, 5) is 27.3. The molecule has 250 valence electrons. The summed E-state index contributed by atoms with van der Waals surface area (Å²) in [5.74, 6) is -0.0754. The molecule has 14 heteroatoms. The molecule has 2 N–H and O–H groups in total. The van der Waals surface area contributed by atoms with Gasteiger partial charge in [0.15, 0.2) is 0 Å². The summed E-state index contributed by atoms with van der Waals surface area (Å²) < 4.78 is 68.9. The number of carbonyl (C=O) groups excluding carboxylic acids is 1. The van der Waals surface area contributed by atoms with Crippen LogP contribution in [0.3, 0.4) is 0 Å². The second-order valence-corrected chi connectivity index (χ2v) is 14.3. The molecular formula is C33H38F2N6O5S. The highest BCUT2D eigenvalue weighted by molar-refractivity contribution is 7.92. The normalized spacial score (nSPS) is 17.0. The molecular weight excluding hydrogens is 630 g/mol. The third-order valence-electron chi connectivity index (χ3n) is 7.31. The number of piperidine rings is 1. The van der Waals surface area contributed by atoms with Crippen LogP contribution in [-0.2, 0) is 14.8 Å². The molecule has 5 rings (SSSR count). The lowest BCUT2D eigenvalue weighted by Gasteiger charge is -2.36. The Morgan fingerprint density at radius 3 is 2.57 bits per heavy atom. The number of anilines is 2. The fourth-order valence-electron chi connectivity index (χ4n) is 5.32. The summed E-state index contributed by atoms with van der Waals surface area (Å²) in [6, 6.07) is 10.8. The van der Waals surface area contributed by atoms with E-state index in [0.717, 1.165) is 0 Å². The zero-order valence-electron chi connectivity index (χ0n) is 26.9. The molecule has 0 radical (unpaired) electrons. The van der Waals surface area contributed by atoms with E-state index in [0.29, 0.717) is 39.8 Å². The van der Waals surface area contributed by atoms with Crippen molar-refractivity contribution in [3.8, 4) is 22.9 Å². The molecule has 0 spiro atoms. The highest BCUT2D eigenvalue weighted by Gasteiger charge is 2.33. The molecule has 0 unspecified atom stereocenters. The van der Waals surface area contributed by atoms with Gasteiger partial charge in [0.1, 0.15) is 23.3 Å². The number of hydrogen-bond donors (Lipinski definition) is 2. The first-order valence-electron chi connectivity index (χ1n) is 15.3. The van der Waals surface area contributed by atoms with Crippen LogP contribution in [0.1, 0.15) is 46.1 Å². The Hall–Kier alpha value is -4.59. The fourth-order valence-corrected chi connectivity index (χ4v) is 6.48. The number of fused-ring (bicyclic) bond motifs is 1. The summed E-state index contributed by atoms with van der Waals surface area (Å²) in [5.41, 5.74) is 0.819. The maximum atomic E-state index is 14.9. The van der Waals surface area contributed by atoms with Crippen LogP contribution in [0.4, 0.5) is 25.2 Å². The minimum absolute atomic E-state index is 0.0588. The first-order valence-corrected chi connectivity index (χ1v) is 17.0. The molecule has 0 saturated carbocycles. The summed E-state index contributed by atoms with van der Waals surface area (Å²) in [7, 11) is -3.77. The van der Waals surface area contributed by atoms with Crippen LogP contribution in [0.5, 0.6) is 11.6 Å². The predicted molar refractivity (Wildman–Crippen MR) is 176 cm³/mol. The molecule has 1 fully saturated rings. The maximum absolute atomic E-state index is 14.9. The number of ether oxygens (including phenoxy) is 2. The Morgan fingerprint density at radius 1 is 1.06 bits per heavy atom. The molecule has 1 amide bonds. The van der Waals surface area contributed by atoms with Gasteiger partial charge in [0.05, 0.1) is 29.2 Å². The van der Waals surface area contributed by atoms with Gasteiger partial charge in [-0.05, 0) is 70.0 Å². The number of aromatic nitrogens is 3. The molecule has 1 saturated heterocycles. The number of pyridine rings is 1. The number of hydrogen-bond acceptors (Lipinski definition) is 9. The fraction of sp³-hybridized carbons (Fsp3) is 0.394. The number of amides is 1. The first-order chi connectivity index (χ1) is 22.2. The SMILES string of the molecule is CCCS(=O)(=O)Nc1c(F)ccc2c(Oc3ncccc3-c3ccnc(N[C@H]4C[C@@H](F)CN(C(=O)OC(C)(C)C)C4)n3)c(C)ccc12. The number of rotatable bonds is 9. The summed E-state index contributed by atoms with van der Waals surface area (Å²) in [6.45, 7) is 8.96. The van der Waals surface area contributed by atoms with Crippen LogP contribution in [0.15, 0.2) is 54.9 Å². The zero-order chi connectivity index (χ0) is 33.9. The van der Waals surface area contributed by atoms with Gasteiger partial charge in [-0.25, -0.2) is 36.9 Å². The second kappa shape index (κ2) is 13.6. The van der Waals surface area contributed by atoms with Gasteiger partial charge in [-0.2, -0.15) is 0 Å². The van der Waals surface area contributed by atoms with Crippen LogP contribution < -0.4 is 14.8 Å². The van der Waals surface area contributed by atoms with Crippen molar-refractivity contribution in [3.63, 3.8) is 0 Å². The van der Waals surface area contributed by atoms with E-state index in [2.05, 4.69) is 25.0 Å². The number of benzene rings is 2. The van der Waals surface area contributed by atoms with Crippen molar-refractivity contribution in [2.75, 3.05) is 28.9 Å². The van der Waals surface area contributed by atoms with Crippen molar-refractivity contribution in [2.24, 2.45) is 0 Å². The van der Waals surface area contributed by atoms with E-state index in [1.165, 1.54) is 17.0 Å². The van der Waals surface area contributed by atoms with Gasteiger partial charge in [-0.15, -0.1) is 0 Å². The van der Waals surface area contributed by atoms with Gasteiger partial charge < -0.3 is 19.7 Å². The molecule has 11 nitrogen and oxygen atoms in total. The molecule has 0 aliphatic carbocycles.